The van der Waals surface area contributed by atoms with Crippen molar-refractivity contribution in [3.8, 4) is 22.6 Å². The Bertz CT molecular complexity index is 567. The predicted molar refractivity (Wildman–Crippen MR) is 82.4 cm³/mol. The molecule has 106 valence electrons. The summed E-state index contributed by atoms with van der Waals surface area (Å²) in [6, 6.07) is 14.4. The van der Waals surface area contributed by atoms with E-state index in [2.05, 4.69) is 42.6 Å². The Kier molecular flexibility index (Phi) is 5.02. The van der Waals surface area contributed by atoms with Crippen LogP contribution >= 0.6 is 0 Å². The van der Waals surface area contributed by atoms with E-state index in [-0.39, 0.29) is 0 Å². The highest BCUT2D eigenvalue weighted by atomic mass is 16.5. The highest BCUT2D eigenvalue weighted by Crippen LogP contribution is 2.33. The first-order valence-electron chi connectivity index (χ1n) is 6.81. The standard InChI is InChI=1S/C17H21NO2/c1-4-18-12-14-7-5-6-8-15(14)13-9-10-16(19-2)17(11-13)20-3/h5-11,18H,4,12H2,1-3H3. The molecule has 0 atom stereocenters. The molecule has 0 aliphatic heterocycles. The van der Waals surface area contributed by atoms with Crippen LogP contribution in [0.5, 0.6) is 11.5 Å². The van der Waals surface area contributed by atoms with E-state index >= 15 is 0 Å². The van der Waals surface area contributed by atoms with Crippen molar-refractivity contribution < 1.29 is 9.47 Å². The van der Waals surface area contributed by atoms with Crippen molar-refractivity contribution >= 4 is 0 Å². The number of benzene rings is 2. The van der Waals surface area contributed by atoms with E-state index in [0.717, 1.165) is 30.2 Å². The maximum atomic E-state index is 5.38. The molecule has 3 nitrogen and oxygen atoms in total. The first kappa shape index (κ1) is 14.4. The number of ether oxygens (including phenoxy) is 2. The number of methoxy groups -OCH3 is 2. The van der Waals surface area contributed by atoms with Crippen molar-refractivity contribution in [1.82, 2.24) is 5.32 Å². The summed E-state index contributed by atoms with van der Waals surface area (Å²) in [4.78, 5) is 0. The Hall–Kier alpha value is -2.00. The lowest BCUT2D eigenvalue weighted by molar-refractivity contribution is 0.355. The lowest BCUT2D eigenvalue weighted by Gasteiger charge is -2.13. The van der Waals surface area contributed by atoms with Crippen molar-refractivity contribution in [2.45, 2.75) is 13.5 Å². The van der Waals surface area contributed by atoms with Gasteiger partial charge in [-0.2, -0.15) is 0 Å². The number of nitrogens with one attached hydrogen (secondary N) is 1. The molecule has 1 N–H and O–H groups in total. The summed E-state index contributed by atoms with van der Waals surface area (Å²) < 4.78 is 10.7. The van der Waals surface area contributed by atoms with Gasteiger partial charge < -0.3 is 14.8 Å². The van der Waals surface area contributed by atoms with Crippen molar-refractivity contribution in [2.75, 3.05) is 20.8 Å². The molecule has 2 rings (SSSR count). The molecule has 0 aromatic heterocycles. The molecule has 0 aliphatic carbocycles. The van der Waals surface area contributed by atoms with Gasteiger partial charge in [-0.15, -0.1) is 0 Å². The molecule has 0 fully saturated rings. The van der Waals surface area contributed by atoms with Gasteiger partial charge in [-0.3, -0.25) is 0 Å². The quantitative estimate of drug-likeness (QED) is 0.872. The van der Waals surface area contributed by atoms with Gasteiger partial charge in [-0.05, 0) is 35.4 Å². The Labute approximate surface area is 120 Å². The second-order valence-electron chi connectivity index (χ2n) is 4.51. The van der Waals surface area contributed by atoms with Crippen molar-refractivity contribution in [3.63, 3.8) is 0 Å². The van der Waals surface area contributed by atoms with Crippen molar-refractivity contribution in [2.24, 2.45) is 0 Å². The zero-order valence-corrected chi connectivity index (χ0v) is 12.3. The van der Waals surface area contributed by atoms with Crippen LogP contribution in [-0.4, -0.2) is 20.8 Å². The lowest BCUT2D eigenvalue weighted by atomic mass is 9.99. The monoisotopic (exact) mass is 271 g/mol. The third-order valence-corrected chi connectivity index (χ3v) is 3.28. The first-order valence-corrected chi connectivity index (χ1v) is 6.81. The summed E-state index contributed by atoms with van der Waals surface area (Å²) in [6.07, 6.45) is 0. The van der Waals surface area contributed by atoms with E-state index in [0.29, 0.717) is 0 Å². The third-order valence-electron chi connectivity index (χ3n) is 3.28. The third kappa shape index (κ3) is 3.11. The Balaban J connectivity index is 2.40. The van der Waals surface area contributed by atoms with E-state index in [1.165, 1.54) is 11.1 Å². The van der Waals surface area contributed by atoms with Crippen molar-refractivity contribution in [3.05, 3.63) is 48.0 Å². The van der Waals surface area contributed by atoms with Crippen LogP contribution in [0.25, 0.3) is 11.1 Å². The van der Waals surface area contributed by atoms with Gasteiger partial charge in [0.1, 0.15) is 0 Å². The molecule has 0 spiro atoms. The summed E-state index contributed by atoms with van der Waals surface area (Å²) in [5, 5.41) is 3.37. The van der Waals surface area contributed by atoms with Crippen LogP contribution in [0, 0.1) is 0 Å². The van der Waals surface area contributed by atoms with E-state index in [9.17, 15) is 0 Å². The summed E-state index contributed by atoms with van der Waals surface area (Å²) in [6.45, 7) is 3.93. The number of hydrogen-bond donors (Lipinski definition) is 1. The van der Waals surface area contributed by atoms with Crippen LogP contribution in [0.2, 0.25) is 0 Å². The van der Waals surface area contributed by atoms with Gasteiger partial charge in [0.05, 0.1) is 14.2 Å². The Morgan fingerprint density at radius 2 is 1.70 bits per heavy atom. The molecular weight excluding hydrogens is 250 g/mol. The van der Waals surface area contributed by atoms with E-state index < -0.39 is 0 Å². The van der Waals surface area contributed by atoms with Crippen LogP contribution in [0.1, 0.15) is 12.5 Å². The minimum absolute atomic E-state index is 0.750. The van der Waals surface area contributed by atoms with Crippen molar-refractivity contribution in [1.29, 1.82) is 0 Å². The largest absolute Gasteiger partial charge is 0.493 e. The maximum Gasteiger partial charge on any atom is 0.161 e. The average molecular weight is 271 g/mol. The maximum absolute atomic E-state index is 5.38. The summed E-state index contributed by atoms with van der Waals surface area (Å²) >= 11 is 0. The van der Waals surface area contributed by atoms with Crippen LogP contribution < -0.4 is 14.8 Å². The summed E-state index contributed by atoms with van der Waals surface area (Å²) in [5.41, 5.74) is 3.63. The minimum Gasteiger partial charge on any atom is -0.493 e. The van der Waals surface area contributed by atoms with E-state index in [1.807, 2.05) is 12.1 Å². The molecule has 20 heavy (non-hydrogen) atoms. The molecule has 0 amide bonds. The topological polar surface area (TPSA) is 30.5 Å². The van der Waals surface area contributed by atoms with Gasteiger partial charge in [0.15, 0.2) is 11.5 Å². The van der Waals surface area contributed by atoms with Gasteiger partial charge >= 0.3 is 0 Å². The molecule has 0 saturated heterocycles. The summed E-state index contributed by atoms with van der Waals surface area (Å²) in [5.74, 6) is 1.50. The Morgan fingerprint density at radius 1 is 0.950 bits per heavy atom. The van der Waals surface area contributed by atoms with Gasteiger partial charge in [-0.25, -0.2) is 0 Å². The van der Waals surface area contributed by atoms with Gasteiger partial charge in [0.2, 0.25) is 0 Å². The normalized spacial score (nSPS) is 10.3. The molecule has 0 heterocycles. The SMILES string of the molecule is CCNCc1ccccc1-c1ccc(OC)c(OC)c1. The first-order chi connectivity index (χ1) is 9.80. The Morgan fingerprint density at radius 3 is 2.40 bits per heavy atom. The molecule has 0 saturated carbocycles. The predicted octanol–water partition coefficient (Wildman–Crippen LogP) is 3.48. The summed E-state index contributed by atoms with van der Waals surface area (Å²) in [7, 11) is 3.31. The molecule has 3 heteroatoms. The smallest absolute Gasteiger partial charge is 0.161 e. The molecule has 0 unspecified atom stereocenters. The fourth-order valence-corrected chi connectivity index (χ4v) is 2.22. The van der Waals surface area contributed by atoms with Gasteiger partial charge in [-0.1, -0.05) is 37.3 Å². The minimum atomic E-state index is 0.750. The second-order valence-corrected chi connectivity index (χ2v) is 4.51. The number of hydrogen-bond acceptors (Lipinski definition) is 3. The number of rotatable bonds is 6. The van der Waals surface area contributed by atoms with Crippen LogP contribution in [0.4, 0.5) is 0 Å². The molecular formula is C17H21NO2. The average Bonchev–Trinajstić information content (AvgIpc) is 2.52. The fraction of sp³-hybridized carbons (Fsp3) is 0.294. The van der Waals surface area contributed by atoms with Crippen LogP contribution in [0.15, 0.2) is 42.5 Å². The lowest BCUT2D eigenvalue weighted by Crippen LogP contribution is -2.12. The van der Waals surface area contributed by atoms with E-state index in [1.54, 1.807) is 14.2 Å². The van der Waals surface area contributed by atoms with E-state index in [4.69, 9.17) is 9.47 Å². The molecule has 2 aromatic carbocycles. The zero-order valence-electron chi connectivity index (χ0n) is 12.3. The second kappa shape index (κ2) is 6.96. The zero-order chi connectivity index (χ0) is 14.4. The molecule has 0 aliphatic rings. The highest BCUT2D eigenvalue weighted by molar-refractivity contribution is 5.70. The van der Waals surface area contributed by atoms with Crippen LogP contribution in [0.3, 0.4) is 0 Å². The van der Waals surface area contributed by atoms with Gasteiger partial charge in [0.25, 0.3) is 0 Å². The molecule has 0 radical (unpaired) electrons. The van der Waals surface area contributed by atoms with Crippen LogP contribution in [-0.2, 0) is 6.54 Å². The molecule has 0 bridgehead atoms. The molecule has 2 aromatic rings. The highest BCUT2D eigenvalue weighted by Gasteiger charge is 2.08. The van der Waals surface area contributed by atoms with Gasteiger partial charge in [0, 0.05) is 6.54 Å². The fourth-order valence-electron chi connectivity index (χ4n) is 2.22.